The van der Waals surface area contributed by atoms with Gasteiger partial charge in [-0.25, -0.2) is 9.55 Å². The first-order valence-electron chi connectivity index (χ1n) is 13.2. The number of nitrogens with zero attached hydrogens (tertiary/aromatic N) is 4. The van der Waals surface area contributed by atoms with Crippen LogP contribution in [0.15, 0.2) is 72.9 Å². The van der Waals surface area contributed by atoms with Gasteiger partial charge in [0.25, 0.3) is 0 Å². The van der Waals surface area contributed by atoms with E-state index in [9.17, 15) is 1.37 Å². The zero-order valence-corrected chi connectivity index (χ0v) is 21.7. The Morgan fingerprint density at radius 3 is 2.42 bits per heavy atom. The average molecular weight is 473 g/mol. The lowest BCUT2D eigenvalue weighted by Crippen LogP contribution is -2.42. The SMILES string of the molecule is [2H]C(C)(C)c1c(-c2ccccc2)c[n+](C)c2c1C(C)(C)n1c3c-2c(C)ccc3n2c3ccccc3nc12. The lowest BCUT2D eigenvalue weighted by Gasteiger charge is -2.36. The van der Waals surface area contributed by atoms with Gasteiger partial charge in [-0.3, -0.25) is 8.97 Å². The number of hydrogen-bond donors (Lipinski definition) is 0. The van der Waals surface area contributed by atoms with Gasteiger partial charge in [0.05, 0.1) is 38.7 Å². The first-order chi connectivity index (χ1) is 17.6. The van der Waals surface area contributed by atoms with Crippen LogP contribution in [0.2, 0.25) is 0 Å². The second-order valence-electron chi connectivity index (χ2n) is 10.9. The van der Waals surface area contributed by atoms with Crippen LogP contribution in [0.3, 0.4) is 0 Å². The molecular weight excluding hydrogens is 440 g/mol. The highest BCUT2D eigenvalue weighted by Crippen LogP contribution is 2.50. The van der Waals surface area contributed by atoms with Gasteiger partial charge in [-0.2, -0.15) is 0 Å². The summed E-state index contributed by atoms with van der Waals surface area (Å²) in [6, 6.07) is 23.4. The molecule has 4 nitrogen and oxygen atoms in total. The topological polar surface area (TPSA) is 26.1 Å². The molecule has 7 rings (SSSR count). The number of pyridine rings is 1. The summed E-state index contributed by atoms with van der Waals surface area (Å²) >= 11 is 0. The van der Waals surface area contributed by atoms with E-state index in [1.165, 1.54) is 33.4 Å². The van der Waals surface area contributed by atoms with E-state index in [2.05, 4.69) is 108 Å². The summed E-state index contributed by atoms with van der Waals surface area (Å²) in [5.74, 6) is 0.129. The zero-order chi connectivity index (χ0) is 25.9. The molecule has 0 amide bonds. The van der Waals surface area contributed by atoms with Crippen LogP contribution in [0, 0.1) is 6.92 Å². The Morgan fingerprint density at radius 1 is 0.944 bits per heavy atom. The highest BCUT2D eigenvalue weighted by Gasteiger charge is 2.44. The van der Waals surface area contributed by atoms with Gasteiger partial charge in [0, 0.05) is 6.93 Å². The van der Waals surface area contributed by atoms with Gasteiger partial charge in [0.1, 0.15) is 7.05 Å². The molecule has 0 atom stereocenters. The van der Waals surface area contributed by atoms with E-state index in [-0.39, 0.29) is 0 Å². The first kappa shape index (κ1) is 20.3. The van der Waals surface area contributed by atoms with Crippen molar-refractivity contribution in [2.24, 2.45) is 7.05 Å². The molecule has 3 aromatic heterocycles. The van der Waals surface area contributed by atoms with Gasteiger partial charge in [-0.1, -0.05) is 62.4 Å². The van der Waals surface area contributed by atoms with Gasteiger partial charge in [0.15, 0.2) is 6.20 Å². The van der Waals surface area contributed by atoms with Gasteiger partial charge >= 0.3 is 0 Å². The molecule has 0 saturated heterocycles. The minimum Gasteiger partial charge on any atom is -0.299 e. The van der Waals surface area contributed by atoms with Crippen molar-refractivity contribution in [1.82, 2.24) is 14.0 Å². The molecule has 0 fully saturated rings. The minimum atomic E-state index is -0.816. The Balaban J connectivity index is 1.74. The normalized spacial score (nSPS) is 15.0. The fraction of sp³-hybridized carbons (Fsp3) is 0.250. The predicted molar refractivity (Wildman–Crippen MR) is 147 cm³/mol. The Hall–Kier alpha value is -3.92. The summed E-state index contributed by atoms with van der Waals surface area (Å²) in [5.41, 5.74) is 12.2. The van der Waals surface area contributed by atoms with E-state index >= 15 is 0 Å². The number of para-hydroxylation sites is 2. The van der Waals surface area contributed by atoms with Crippen LogP contribution in [0.5, 0.6) is 0 Å². The number of aromatic nitrogens is 4. The summed E-state index contributed by atoms with van der Waals surface area (Å²) in [7, 11) is 2.15. The zero-order valence-electron chi connectivity index (χ0n) is 22.7. The summed E-state index contributed by atoms with van der Waals surface area (Å²) in [6.45, 7) is 10.8. The first-order valence-corrected chi connectivity index (χ1v) is 12.7. The molecule has 4 heteroatoms. The minimum absolute atomic E-state index is 0.448. The second kappa shape index (κ2) is 7.07. The third kappa shape index (κ3) is 2.54. The van der Waals surface area contributed by atoms with Crippen molar-refractivity contribution >= 4 is 27.8 Å². The van der Waals surface area contributed by atoms with Gasteiger partial charge in [0.2, 0.25) is 11.5 Å². The van der Waals surface area contributed by atoms with Gasteiger partial charge < -0.3 is 0 Å². The highest BCUT2D eigenvalue weighted by molar-refractivity contribution is 6.01. The fourth-order valence-electron chi connectivity index (χ4n) is 6.53. The van der Waals surface area contributed by atoms with E-state index in [1.54, 1.807) is 0 Å². The average Bonchev–Trinajstić information content (AvgIpc) is 3.38. The Morgan fingerprint density at radius 2 is 1.67 bits per heavy atom. The van der Waals surface area contributed by atoms with Crippen molar-refractivity contribution in [1.29, 1.82) is 0 Å². The summed E-state index contributed by atoms with van der Waals surface area (Å²) in [6.07, 6.45) is 2.23. The summed E-state index contributed by atoms with van der Waals surface area (Å²) in [5, 5.41) is 0. The number of imidazole rings is 2. The third-order valence-electron chi connectivity index (χ3n) is 8.00. The van der Waals surface area contributed by atoms with Crippen molar-refractivity contribution in [2.75, 3.05) is 0 Å². The lowest BCUT2D eigenvalue weighted by atomic mass is 9.76. The van der Waals surface area contributed by atoms with Crippen molar-refractivity contribution in [2.45, 2.75) is 46.1 Å². The van der Waals surface area contributed by atoms with Crippen LogP contribution < -0.4 is 4.57 Å². The molecule has 4 heterocycles. The van der Waals surface area contributed by atoms with Crippen LogP contribution in [0.1, 0.15) is 51.7 Å². The van der Waals surface area contributed by atoms with Crippen LogP contribution in [0.4, 0.5) is 0 Å². The number of rotatable bonds is 2. The second-order valence-corrected chi connectivity index (χ2v) is 10.9. The van der Waals surface area contributed by atoms with E-state index in [0.717, 1.165) is 33.5 Å². The predicted octanol–water partition coefficient (Wildman–Crippen LogP) is 7.13. The molecule has 0 saturated carbocycles. The summed E-state index contributed by atoms with van der Waals surface area (Å²) in [4.78, 5) is 5.16. The molecule has 0 aliphatic carbocycles. The molecule has 36 heavy (non-hydrogen) atoms. The van der Waals surface area contributed by atoms with Gasteiger partial charge in [-0.05, 0) is 61.6 Å². The van der Waals surface area contributed by atoms with E-state index in [4.69, 9.17) is 4.98 Å². The largest absolute Gasteiger partial charge is 0.299 e. The molecule has 0 bridgehead atoms. The molecule has 0 spiro atoms. The maximum absolute atomic E-state index is 9.41. The molecule has 0 unspecified atom stereocenters. The Labute approximate surface area is 212 Å². The summed E-state index contributed by atoms with van der Waals surface area (Å²) < 4.78 is 16.4. The number of benzene rings is 3. The molecule has 0 N–H and O–H groups in total. The fourth-order valence-corrected chi connectivity index (χ4v) is 6.53. The third-order valence-corrected chi connectivity index (χ3v) is 8.00. The number of aryl methyl sites for hydroxylation is 2. The molecule has 0 radical (unpaired) electrons. The van der Waals surface area contributed by atoms with Gasteiger partial charge in [-0.15, -0.1) is 0 Å². The van der Waals surface area contributed by atoms with Crippen molar-refractivity contribution < 1.29 is 5.94 Å². The molecule has 1 aliphatic heterocycles. The molecule has 178 valence electrons. The molecule has 6 aromatic rings. The van der Waals surface area contributed by atoms with E-state index < -0.39 is 11.4 Å². The molecule has 3 aromatic carbocycles. The van der Waals surface area contributed by atoms with Crippen molar-refractivity contribution in [3.05, 3.63) is 89.6 Å². The van der Waals surface area contributed by atoms with Crippen molar-refractivity contribution in [3.63, 3.8) is 0 Å². The van der Waals surface area contributed by atoms with Crippen LogP contribution >= 0.6 is 0 Å². The molecule has 1 aliphatic rings. The smallest absolute Gasteiger partial charge is 0.220 e. The lowest BCUT2D eigenvalue weighted by molar-refractivity contribution is -0.660. The van der Waals surface area contributed by atoms with Crippen molar-refractivity contribution in [3.8, 4) is 22.4 Å². The van der Waals surface area contributed by atoms with Crippen LogP contribution in [0.25, 0.3) is 50.2 Å². The van der Waals surface area contributed by atoms with E-state index in [0.29, 0.717) is 0 Å². The van der Waals surface area contributed by atoms with Crippen LogP contribution in [-0.2, 0) is 12.6 Å². The number of fused-ring (bicyclic) bond motifs is 7. The Bertz CT molecular complexity index is 1900. The standard InChI is InChI=1S/C32H31N4/c1-19(2)26-22(21-12-8-7-9-13-21)18-34(6)30-27-20(3)16-17-25-29(27)36(32(4,5)28(26)30)31-33-23-14-10-11-15-24(23)35(25)31/h7-19H,1-6H3/q+1/i19D. The monoisotopic (exact) mass is 472 g/mol. The maximum Gasteiger partial charge on any atom is 0.220 e. The Kier molecular flexibility index (Phi) is 3.98. The quantitative estimate of drug-likeness (QED) is 0.246. The number of hydrogen-bond acceptors (Lipinski definition) is 1. The maximum atomic E-state index is 9.41. The van der Waals surface area contributed by atoms with E-state index in [1.807, 2.05) is 19.9 Å². The van der Waals surface area contributed by atoms with Crippen LogP contribution in [-0.4, -0.2) is 14.0 Å². The molecular formula is C32H31N4+. The highest BCUT2D eigenvalue weighted by atomic mass is 15.2.